The van der Waals surface area contributed by atoms with E-state index in [2.05, 4.69) is 22.3 Å². The number of aromatic nitrogens is 2. The van der Waals surface area contributed by atoms with Gasteiger partial charge in [0.25, 0.3) is 0 Å². The van der Waals surface area contributed by atoms with Crippen molar-refractivity contribution in [2.45, 2.75) is 6.92 Å². The molecular formula is C9H8N2S. The molecule has 3 heteroatoms. The molecule has 12 heavy (non-hydrogen) atoms. The lowest BCUT2D eigenvalue weighted by Crippen LogP contribution is -1.83. The van der Waals surface area contributed by atoms with E-state index in [9.17, 15) is 0 Å². The van der Waals surface area contributed by atoms with E-state index in [1.54, 1.807) is 5.51 Å². The minimum Gasteiger partial charge on any atom is -0.223 e. The summed E-state index contributed by atoms with van der Waals surface area (Å²) in [5, 5.41) is 0. The number of aryl methyl sites for hydroxylation is 1. The van der Waals surface area contributed by atoms with Crippen LogP contribution in [0.3, 0.4) is 0 Å². The minimum absolute atomic E-state index is 0.832. The fraction of sp³-hybridized carbons (Fsp3) is 0.111. The highest BCUT2D eigenvalue weighted by Gasteiger charge is 2.02. The molecule has 0 aliphatic carbocycles. The molecule has 0 radical (unpaired) electrons. The quantitative estimate of drug-likeness (QED) is 0.667. The van der Waals surface area contributed by atoms with Crippen molar-refractivity contribution in [3.63, 3.8) is 0 Å². The highest BCUT2D eigenvalue weighted by Crippen LogP contribution is 2.19. The largest absolute Gasteiger partial charge is 0.223 e. The van der Waals surface area contributed by atoms with Crippen LogP contribution in [0.5, 0.6) is 0 Å². The molecule has 1 heterocycles. The Kier molecular flexibility index (Phi) is 1.87. The number of hydrogen-bond acceptors (Lipinski definition) is 3. The maximum absolute atomic E-state index is 4.18. The molecule has 2 rings (SSSR count). The second-order valence-electron chi connectivity index (χ2n) is 2.57. The van der Waals surface area contributed by atoms with Crippen molar-refractivity contribution >= 4 is 11.5 Å². The molecule has 1 aromatic carbocycles. The molecule has 0 unspecified atom stereocenters. The summed E-state index contributed by atoms with van der Waals surface area (Å²) in [6.07, 6.45) is 0. The zero-order valence-corrected chi connectivity index (χ0v) is 7.51. The summed E-state index contributed by atoms with van der Waals surface area (Å²) in [5.41, 5.74) is 4.09. The van der Waals surface area contributed by atoms with E-state index in [1.165, 1.54) is 17.1 Å². The molecule has 0 N–H and O–H groups in total. The van der Waals surface area contributed by atoms with Gasteiger partial charge in [-0.3, -0.25) is 0 Å². The van der Waals surface area contributed by atoms with Gasteiger partial charge in [0.15, 0.2) is 5.82 Å². The normalized spacial score (nSPS) is 10.1. The molecule has 1 aromatic heterocycles. The van der Waals surface area contributed by atoms with E-state index in [0.29, 0.717) is 0 Å². The average molecular weight is 176 g/mol. The SMILES string of the molecule is Cc1ccccc1-c1ncsn1. The fourth-order valence-corrected chi connectivity index (χ4v) is 1.55. The number of rotatable bonds is 1. The maximum atomic E-state index is 4.18. The molecule has 0 saturated heterocycles. The monoisotopic (exact) mass is 176 g/mol. The summed E-state index contributed by atoms with van der Waals surface area (Å²) in [7, 11) is 0. The van der Waals surface area contributed by atoms with Crippen molar-refractivity contribution in [2.24, 2.45) is 0 Å². The van der Waals surface area contributed by atoms with Crippen LogP contribution >= 0.6 is 11.5 Å². The van der Waals surface area contributed by atoms with Gasteiger partial charge in [-0.05, 0) is 24.0 Å². The van der Waals surface area contributed by atoms with Crippen molar-refractivity contribution in [2.75, 3.05) is 0 Å². The molecule has 0 saturated carbocycles. The van der Waals surface area contributed by atoms with Crippen molar-refractivity contribution in [3.05, 3.63) is 35.3 Å². The fourth-order valence-electron chi connectivity index (χ4n) is 1.11. The van der Waals surface area contributed by atoms with E-state index in [-0.39, 0.29) is 0 Å². The third-order valence-electron chi connectivity index (χ3n) is 1.75. The van der Waals surface area contributed by atoms with Crippen molar-refractivity contribution in [1.29, 1.82) is 0 Å². The molecule has 2 aromatic rings. The molecule has 60 valence electrons. The molecule has 0 aliphatic heterocycles. The van der Waals surface area contributed by atoms with E-state index in [1.807, 2.05) is 18.2 Å². The van der Waals surface area contributed by atoms with Crippen LogP contribution in [0.25, 0.3) is 11.4 Å². The van der Waals surface area contributed by atoms with Crippen LogP contribution in [0, 0.1) is 6.92 Å². The summed E-state index contributed by atoms with van der Waals surface area (Å²) in [5.74, 6) is 0.832. The lowest BCUT2D eigenvalue weighted by Gasteiger charge is -1.98. The molecular weight excluding hydrogens is 168 g/mol. The molecule has 0 spiro atoms. The predicted molar refractivity (Wildman–Crippen MR) is 50.1 cm³/mol. The van der Waals surface area contributed by atoms with Gasteiger partial charge in [0, 0.05) is 5.56 Å². The van der Waals surface area contributed by atoms with Gasteiger partial charge in [0.05, 0.1) is 0 Å². The Bertz CT molecular complexity index is 368. The molecule has 0 amide bonds. The van der Waals surface area contributed by atoms with E-state index >= 15 is 0 Å². The Morgan fingerprint density at radius 1 is 1.25 bits per heavy atom. The van der Waals surface area contributed by atoms with Crippen LogP contribution in [-0.2, 0) is 0 Å². The van der Waals surface area contributed by atoms with Gasteiger partial charge < -0.3 is 0 Å². The van der Waals surface area contributed by atoms with Gasteiger partial charge in [-0.1, -0.05) is 24.3 Å². The number of hydrogen-bond donors (Lipinski definition) is 0. The molecule has 0 aliphatic rings. The number of nitrogens with zero attached hydrogens (tertiary/aromatic N) is 2. The molecule has 2 nitrogen and oxygen atoms in total. The predicted octanol–water partition coefficient (Wildman–Crippen LogP) is 2.51. The Balaban J connectivity index is 2.55. The van der Waals surface area contributed by atoms with Gasteiger partial charge in [-0.2, -0.15) is 4.37 Å². The smallest absolute Gasteiger partial charge is 0.173 e. The molecule has 0 bridgehead atoms. The van der Waals surface area contributed by atoms with Crippen molar-refractivity contribution < 1.29 is 0 Å². The van der Waals surface area contributed by atoms with E-state index in [4.69, 9.17) is 0 Å². The van der Waals surface area contributed by atoms with Crippen LogP contribution in [0.1, 0.15) is 5.56 Å². The second-order valence-corrected chi connectivity index (χ2v) is 3.17. The van der Waals surface area contributed by atoms with Crippen LogP contribution < -0.4 is 0 Å². The lowest BCUT2D eigenvalue weighted by atomic mass is 10.1. The molecule has 0 atom stereocenters. The Morgan fingerprint density at radius 2 is 2.08 bits per heavy atom. The third-order valence-corrected chi connectivity index (χ3v) is 2.23. The summed E-state index contributed by atoms with van der Waals surface area (Å²) in [6, 6.07) is 8.13. The van der Waals surface area contributed by atoms with Crippen LogP contribution in [-0.4, -0.2) is 9.36 Å². The van der Waals surface area contributed by atoms with Crippen LogP contribution in [0.15, 0.2) is 29.8 Å². The maximum Gasteiger partial charge on any atom is 0.173 e. The Hall–Kier alpha value is -1.22. The van der Waals surface area contributed by atoms with Crippen molar-refractivity contribution in [3.8, 4) is 11.4 Å². The summed E-state index contributed by atoms with van der Waals surface area (Å²) >= 11 is 1.38. The van der Waals surface area contributed by atoms with Gasteiger partial charge >= 0.3 is 0 Å². The van der Waals surface area contributed by atoms with E-state index in [0.717, 1.165) is 11.4 Å². The van der Waals surface area contributed by atoms with Gasteiger partial charge in [-0.15, -0.1) is 0 Å². The Labute approximate surface area is 75.1 Å². The zero-order chi connectivity index (χ0) is 8.39. The van der Waals surface area contributed by atoms with Crippen LogP contribution in [0.2, 0.25) is 0 Å². The second kappa shape index (κ2) is 3.03. The van der Waals surface area contributed by atoms with Gasteiger partial charge in [-0.25, -0.2) is 4.98 Å². The highest BCUT2D eigenvalue weighted by molar-refractivity contribution is 7.03. The first-order chi connectivity index (χ1) is 5.88. The van der Waals surface area contributed by atoms with Crippen LogP contribution in [0.4, 0.5) is 0 Å². The third kappa shape index (κ3) is 1.23. The standard InChI is InChI=1S/C9H8N2S/c1-7-4-2-3-5-8(7)9-10-6-12-11-9/h2-6H,1H3. The number of benzene rings is 1. The van der Waals surface area contributed by atoms with Gasteiger partial charge in [0.2, 0.25) is 0 Å². The summed E-state index contributed by atoms with van der Waals surface area (Å²) in [4.78, 5) is 4.15. The highest BCUT2D eigenvalue weighted by atomic mass is 32.1. The summed E-state index contributed by atoms with van der Waals surface area (Å²) in [6.45, 7) is 2.07. The molecule has 0 fully saturated rings. The first-order valence-corrected chi connectivity index (χ1v) is 4.54. The lowest BCUT2D eigenvalue weighted by molar-refractivity contribution is 1.30. The Morgan fingerprint density at radius 3 is 2.75 bits per heavy atom. The summed E-state index contributed by atoms with van der Waals surface area (Å²) < 4.78 is 4.18. The minimum atomic E-state index is 0.832. The van der Waals surface area contributed by atoms with Gasteiger partial charge in [0.1, 0.15) is 5.51 Å². The first kappa shape index (κ1) is 7.43. The first-order valence-electron chi connectivity index (χ1n) is 3.70. The average Bonchev–Trinajstić information content (AvgIpc) is 2.57. The van der Waals surface area contributed by atoms with E-state index < -0.39 is 0 Å². The topological polar surface area (TPSA) is 25.8 Å². The zero-order valence-electron chi connectivity index (χ0n) is 6.69. The van der Waals surface area contributed by atoms with Crippen molar-refractivity contribution in [1.82, 2.24) is 9.36 Å².